The molecule has 112 valence electrons. The van der Waals surface area contributed by atoms with E-state index in [4.69, 9.17) is 21.1 Å². The van der Waals surface area contributed by atoms with Crippen molar-refractivity contribution >= 4 is 17.3 Å². The predicted octanol–water partition coefficient (Wildman–Crippen LogP) is 4.60. The Morgan fingerprint density at radius 2 is 1.90 bits per heavy atom. The molecule has 1 saturated carbocycles. The lowest BCUT2D eigenvalue weighted by molar-refractivity contribution is 0.293. The van der Waals surface area contributed by atoms with Crippen LogP contribution in [-0.2, 0) is 0 Å². The van der Waals surface area contributed by atoms with E-state index in [2.05, 4.69) is 12.2 Å². The molecule has 0 aromatic heterocycles. The van der Waals surface area contributed by atoms with E-state index < -0.39 is 0 Å². The van der Waals surface area contributed by atoms with Crippen molar-refractivity contribution in [2.24, 2.45) is 11.8 Å². The highest BCUT2D eigenvalue weighted by Gasteiger charge is 2.19. The van der Waals surface area contributed by atoms with E-state index in [-0.39, 0.29) is 0 Å². The number of rotatable bonds is 5. The van der Waals surface area contributed by atoms with Crippen molar-refractivity contribution in [3.63, 3.8) is 0 Å². The highest BCUT2D eigenvalue weighted by molar-refractivity contribution is 6.33. The van der Waals surface area contributed by atoms with Gasteiger partial charge in [0, 0.05) is 18.7 Å². The molecule has 0 heterocycles. The lowest BCUT2D eigenvalue weighted by Crippen LogP contribution is -2.21. The van der Waals surface area contributed by atoms with Gasteiger partial charge in [-0.1, -0.05) is 31.4 Å². The fraction of sp³-hybridized carbons (Fsp3) is 0.625. The highest BCUT2D eigenvalue weighted by atomic mass is 35.5. The topological polar surface area (TPSA) is 30.5 Å². The molecule has 2 atom stereocenters. The fourth-order valence-electron chi connectivity index (χ4n) is 2.99. The second-order valence-electron chi connectivity index (χ2n) is 5.71. The second kappa shape index (κ2) is 7.07. The normalized spacial score (nSPS) is 22.4. The van der Waals surface area contributed by atoms with Crippen LogP contribution >= 0.6 is 11.6 Å². The summed E-state index contributed by atoms with van der Waals surface area (Å²) in [5, 5.41) is 4.13. The lowest BCUT2D eigenvalue weighted by Gasteiger charge is -2.27. The highest BCUT2D eigenvalue weighted by Crippen LogP contribution is 2.36. The van der Waals surface area contributed by atoms with Crippen molar-refractivity contribution < 1.29 is 9.47 Å². The summed E-state index contributed by atoms with van der Waals surface area (Å²) < 4.78 is 10.6. The predicted molar refractivity (Wildman–Crippen MR) is 84.2 cm³/mol. The summed E-state index contributed by atoms with van der Waals surface area (Å²) in [5.74, 6) is 2.95. The van der Waals surface area contributed by atoms with Crippen molar-refractivity contribution in [2.75, 3.05) is 26.1 Å². The maximum Gasteiger partial charge on any atom is 0.162 e. The Bertz CT molecular complexity index is 450. The number of benzene rings is 1. The number of hydrogen-bond acceptors (Lipinski definition) is 3. The molecular formula is C16H24ClNO2. The third kappa shape index (κ3) is 3.72. The molecule has 4 heteroatoms. The Hall–Kier alpha value is -1.09. The van der Waals surface area contributed by atoms with Crippen molar-refractivity contribution in [1.82, 2.24) is 0 Å². The van der Waals surface area contributed by atoms with Gasteiger partial charge in [0.2, 0.25) is 0 Å². The van der Waals surface area contributed by atoms with E-state index in [0.717, 1.165) is 24.1 Å². The monoisotopic (exact) mass is 297 g/mol. The van der Waals surface area contributed by atoms with Crippen molar-refractivity contribution in [3.05, 3.63) is 17.2 Å². The zero-order valence-electron chi connectivity index (χ0n) is 12.5. The summed E-state index contributed by atoms with van der Waals surface area (Å²) in [6.45, 7) is 3.31. The Balaban J connectivity index is 2.01. The second-order valence-corrected chi connectivity index (χ2v) is 6.11. The summed E-state index contributed by atoms with van der Waals surface area (Å²) in [4.78, 5) is 0. The minimum atomic E-state index is 0.661. The van der Waals surface area contributed by atoms with Gasteiger partial charge in [-0.25, -0.2) is 0 Å². The summed E-state index contributed by atoms with van der Waals surface area (Å²) in [6, 6.07) is 3.71. The molecule has 0 amide bonds. The first-order chi connectivity index (χ1) is 9.63. The van der Waals surface area contributed by atoms with E-state index in [0.29, 0.717) is 16.5 Å². The summed E-state index contributed by atoms with van der Waals surface area (Å²) in [7, 11) is 3.25. The van der Waals surface area contributed by atoms with Crippen molar-refractivity contribution in [3.8, 4) is 11.5 Å². The summed E-state index contributed by atoms with van der Waals surface area (Å²) in [5.41, 5.74) is 0.919. The van der Waals surface area contributed by atoms with Gasteiger partial charge in [0.1, 0.15) is 0 Å². The van der Waals surface area contributed by atoms with Crippen LogP contribution < -0.4 is 14.8 Å². The summed E-state index contributed by atoms with van der Waals surface area (Å²) in [6.07, 6.45) is 5.32. The van der Waals surface area contributed by atoms with Crippen LogP contribution in [0.25, 0.3) is 0 Å². The van der Waals surface area contributed by atoms with Crippen LogP contribution in [-0.4, -0.2) is 20.8 Å². The quantitative estimate of drug-likeness (QED) is 0.862. The average molecular weight is 298 g/mol. The smallest absolute Gasteiger partial charge is 0.162 e. The molecule has 1 aliphatic carbocycles. The van der Waals surface area contributed by atoms with Crippen LogP contribution in [0.3, 0.4) is 0 Å². The number of hydrogen-bond donors (Lipinski definition) is 1. The zero-order valence-corrected chi connectivity index (χ0v) is 13.3. The molecule has 0 saturated heterocycles. The van der Waals surface area contributed by atoms with Gasteiger partial charge in [-0.15, -0.1) is 0 Å². The molecule has 1 aromatic carbocycles. The SMILES string of the molecule is COc1cc(Cl)c(NCC2CCCC(C)C2)cc1OC. The van der Waals surface area contributed by atoms with E-state index in [1.165, 1.54) is 25.7 Å². The maximum atomic E-state index is 6.29. The van der Waals surface area contributed by atoms with Crippen LogP contribution in [0.1, 0.15) is 32.6 Å². The van der Waals surface area contributed by atoms with E-state index in [1.54, 1.807) is 20.3 Å². The van der Waals surface area contributed by atoms with Gasteiger partial charge in [0.25, 0.3) is 0 Å². The Labute approximate surface area is 126 Å². The summed E-state index contributed by atoms with van der Waals surface area (Å²) >= 11 is 6.29. The molecule has 2 rings (SSSR count). The number of nitrogens with one attached hydrogen (secondary N) is 1. The van der Waals surface area contributed by atoms with Gasteiger partial charge in [-0.2, -0.15) is 0 Å². The van der Waals surface area contributed by atoms with Crippen molar-refractivity contribution in [1.29, 1.82) is 0 Å². The molecule has 1 N–H and O–H groups in total. The molecular weight excluding hydrogens is 274 g/mol. The van der Waals surface area contributed by atoms with Crippen molar-refractivity contribution in [2.45, 2.75) is 32.6 Å². The third-order valence-electron chi connectivity index (χ3n) is 4.10. The minimum absolute atomic E-state index is 0.661. The van der Waals surface area contributed by atoms with Crippen LogP contribution in [0.15, 0.2) is 12.1 Å². The number of ether oxygens (including phenoxy) is 2. The molecule has 1 aliphatic rings. The van der Waals surface area contributed by atoms with Crippen LogP contribution in [0, 0.1) is 11.8 Å². The van der Waals surface area contributed by atoms with Gasteiger partial charge in [-0.05, 0) is 24.7 Å². The fourth-order valence-corrected chi connectivity index (χ4v) is 3.21. The molecule has 2 unspecified atom stereocenters. The minimum Gasteiger partial charge on any atom is -0.493 e. The standard InChI is InChI=1S/C16H24ClNO2/c1-11-5-4-6-12(7-11)10-18-14-9-16(20-3)15(19-2)8-13(14)17/h8-9,11-12,18H,4-7,10H2,1-3H3. The Kier molecular flexibility index (Phi) is 5.41. The molecule has 1 aromatic rings. The Morgan fingerprint density at radius 1 is 1.20 bits per heavy atom. The molecule has 0 radical (unpaired) electrons. The number of halogens is 1. The van der Waals surface area contributed by atoms with E-state index in [9.17, 15) is 0 Å². The lowest BCUT2D eigenvalue weighted by atomic mass is 9.82. The maximum absolute atomic E-state index is 6.29. The molecule has 1 fully saturated rings. The van der Waals surface area contributed by atoms with Gasteiger partial charge >= 0.3 is 0 Å². The van der Waals surface area contributed by atoms with Crippen LogP contribution in [0.2, 0.25) is 5.02 Å². The molecule has 20 heavy (non-hydrogen) atoms. The van der Waals surface area contributed by atoms with Crippen LogP contribution in [0.4, 0.5) is 5.69 Å². The number of anilines is 1. The van der Waals surface area contributed by atoms with Gasteiger partial charge < -0.3 is 14.8 Å². The number of methoxy groups -OCH3 is 2. The third-order valence-corrected chi connectivity index (χ3v) is 4.41. The van der Waals surface area contributed by atoms with Gasteiger partial charge in [0.15, 0.2) is 11.5 Å². The largest absolute Gasteiger partial charge is 0.493 e. The van der Waals surface area contributed by atoms with Crippen LogP contribution in [0.5, 0.6) is 11.5 Å². The average Bonchev–Trinajstić information content (AvgIpc) is 2.45. The van der Waals surface area contributed by atoms with Gasteiger partial charge in [0.05, 0.1) is 24.9 Å². The Morgan fingerprint density at radius 3 is 2.55 bits per heavy atom. The first kappa shape index (κ1) is 15.3. The molecule has 0 aliphatic heterocycles. The first-order valence-corrected chi connectivity index (χ1v) is 7.67. The van der Waals surface area contributed by atoms with E-state index in [1.807, 2.05) is 6.07 Å². The molecule has 0 bridgehead atoms. The first-order valence-electron chi connectivity index (χ1n) is 7.29. The van der Waals surface area contributed by atoms with E-state index >= 15 is 0 Å². The van der Waals surface area contributed by atoms with Gasteiger partial charge in [-0.3, -0.25) is 0 Å². The zero-order chi connectivity index (χ0) is 14.5. The molecule has 0 spiro atoms. The molecule has 3 nitrogen and oxygen atoms in total.